The molecule has 5 heteroatoms. The first-order chi connectivity index (χ1) is 7.49. The highest BCUT2D eigenvalue weighted by molar-refractivity contribution is 7.09. The zero-order valence-electron chi connectivity index (χ0n) is 9.86. The Morgan fingerprint density at radius 2 is 2.31 bits per heavy atom. The third kappa shape index (κ3) is 4.28. The van der Waals surface area contributed by atoms with E-state index < -0.39 is 12.0 Å². The molecule has 0 saturated carbocycles. The van der Waals surface area contributed by atoms with Crippen molar-refractivity contribution in [3.05, 3.63) is 16.1 Å². The van der Waals surface area contributed by atoms with Crippen molar-refractivity contribution in [2.45, 2.75) is 39.8 Å². The number of carboxylic acid groups (broad SMARTS) is 1. The molecule has 1 aromatic rings. The van der Waals surface area contributed by atoms with Crippen molar-refractivity contribution < 1.29 is 9.90 Å². The van der Waals surface area contributed by atoms with Gasteiger partial charge in [-0.3, -0.25) is 10.1 Å². The SMILES string of the molecule is Cc1csc(CNC(CC(C)C)C(=O)O)n1. The van der Waals surface area contributed by atoms with Gasteiger partial charge in [-0.2, -0.15) is 0 Å². The van der Waals surface area contributed by atoms with Crippen LogP contribution in [0.25, 0.3) is 0 Å². The van der Waals surface area contributed by atoms with Crippen LogP contribution < -0.4 is 5.32 Å². The fourth-order valence-corrected chi connectivity index (χ4v) is 2.16. The molecule has 0 bridgehead atoms. The largest absolute Gasteiger partial charge is 0.480 e. The number of aromatic nitrogens is 1. The molecule has 0 aliphatic carbocycles. The molecule has 1 atom stereocenters. The summed E-state index contributed by atoms with van der Waals surface area (Å²) in [5, 5.41) is 15.0. The van der Waals surface area contributed by atoms with Crippen LogP contribution >= 0.6 is 11.3 Å². The first-order valence-corrected chi connectivity index (χ1v) is 6.24. The Labute approximate surface area is 99.7 Å². The van der Waals surface area contributed by atoms with Crippen LogP contribution in [0, 0.1) is 12.8 Å². The number of carbonyl (C=O) groups is 1. The van der Waals surface area contributed by atoms with Crippen molar-refractivity contribution in [2.75, 3.05) is 0 Å². The van der Waals surface area contributed by atoms with Gasteiger partial charge >= 0.3 is 5.97 Å². The first-order valence-electron chi connectivity index (χ1n) is 5.36. The molecule has 90 valence electrons. The van der Waals surface area contributed by atoms with Gasteiger partial charge in [-0.15, -0.1) is 11.3 Å². The van der Waals surface area contributed by atoms with Crippen LogP contribution in [0.2, 0.25) is 0 Å². The van der Waals surface area contributed by atoms with Crippen molar-refractivity contribution in [3.8, 4) is 0 Å². The molecule has 0 aliphatic rings. The third-order valence-electron chi connectivity index (χ3n) is 2.17. The summed E-state index contributed by atoms with van der Waals surface area (Å²) in [5.74, 6) is -0.423. The standard InChI is InChI=1S/C11H18N2O2S/c1-7(2)4-9(11(14)15)12-5-10-13-8(3)6-16-10/h6-7,9,12H,4-5H2,1-3H3,(H,14,15). The maximum absolute atomic E-state index is 11.0. The van der Waals surface area contributed by atoms with Gasteiger partial charge in [0.05, 0.1) is 0 Å². The minimum absolute atomic E-state index is 0.367. The summed E-state index contributed by atoms with van der Waals surface area (Å²) < 4.78 is 0. The van der Waals surface area contributed by atoms with Crippen molar-refractivity contribution >= 4 is 17.3 Å². The van der Waals surface area contributed by atoms with E-state index in [1.165, 1.54) is 0 Å². The van der Waals surface area contributed by atoms with E-state index in [9.17, 15) is 4.79 Å². The third-order valence-corrected chi connectivity index (χ3v) is 3.14. The number of aryl methyl sites for hydroxylation is 1. The van der Waals surface area contributed by atoms with Gasteiger partial charge in [0.1, 0.15) is 11.0 Å². The molecule has 0 aromatic carbocycles. The highest BCUT2D eigenvalue weighted by atomic mass is 32.1. The maximum atomic E-state index is 11.0. The molecule has 1 unspecified atom stereocenters. The lowest BCUT2D eigenvalue weighted by molar-refractivity contribution is -0.140. The van der Waals surface area contributed by atoms with E-state index in [0.717, 1.165) is 10.7 Å². The fourth-order valence-electron chi connectivity index (χ4n) is 1.44. The molecule has 0 radical (unpaired) electrons. The minimum Gasteiger partial charge on any atom is -0.480 e. The summed E-state index contributed by atoms with van der Waals surface area (Å²) >= 11 is 1.56. The number of carboxylic acids is 1. The van der Waals surface area contributed by atoms with Crippen LogP contribution in [0.1, 0.15) is 31.0 Å². The van der Waals surface area contributed by atoms with E-state index in [2.05, 4.69) is 10.3 Å². The average molecular weight is 242 g/mol. The van der Waals surface area contributed by atoms with Crippen molar-refractivity contribution in [3.63, 3.8) is 0 Å². The van der Waals surface area contributed by atoms with Gasteiger partial charge in [0.15, 0.2) is 0 Å². The Hall–Kier alpha value is -0.940. The molecular formula is C11H18N2O2S. The fraction of sp³-hybridized carbons (Fsp3) is 0.636. The smallest absolute Gasteiger partial charge is 0.320 e. The zero-order valence-corrected chi connectivity index (χ0v) is 10.7. The van der Waals surface area contributed by atoms with Crippen LogP contribution in [0.4, 0.5) is 0 Å². The van der Waals surface area contributed by atoms with Gasteiger partial charge in [-0.05, 0) is 19.3 Å². The zero-order chi connectivity index (χ0) is 12.1. The number of rotatable bonds is 6. The molecule has 1 rings (SSSR count). The van der Waals surface area contributed by atoms with E-state index in [0.29, 0.717) is 18.9 Å². The summed E-state index contributed by atoms with van der Waals surface area (Å²) in [7, 11) is 0. The maximum Gasteiger partial charge on any atom is 0.320 e. The van der Waals surface area contributed by atoms with Gasteiger partial charge in [0, 0.05) is 17.6 Å². The van der Waals surface area contributed by atoms with Crippen molar-refractivity contribution in [1.29, 1.82) is 0 Å². The Morgan fingerprint density at radius 1 is 1.62 bits per heavy atom. The normalized spacial score (nSPS) is 13.0. The number of aliphatic carboxylic acids is 1. The number of hydrogen-bond donors (Lipinski definition) is 2. The molecule has 4 nitrogen and oxygen atoms in total. The molecule has 0 fully saturated rings. The van der Waals surface area contributed by atoms with E-state index >= 15 is 0 Å². The van der Waals surface area contributed by atoms with Crippen LogP contribution in [0.3, 0.4) is 0 Å². The Kier molecular flexibility index (Phi) is 4.89. The summed E-state index contributed by atoms with van der Waals surface area (Å²) in [6.07, 6.45) is 0.639. The van der Waals surface area contributed by atoms with Crippen LogP contribution in [0.5, 0.6) is 0 Å². The van der Waals surface area contributed by atoms with E-state index in [4.69, 9.17) is 5.11 Å². The second-order valence-corrected chi connectivity index (χ2v) is 5.23. The Morgan fingerprint density at radius 3 is 2.75 bits per heavy atom. The summed E-state index contributed by atoms with van der Waals surface area (Å²) in [4.78, 5) is 15.3. The Bertz CT molecular complexity index is 350. The predicted molar refractivity (Wildman–Crippen MR) is 64.6 cm³/mol. The highest BCUT2D eigenvalue weighted by Crippen LogP contribution is 2.10. The quantitative estimate of drug-likeness (QED) is 0.801. The van der Waals surface area contributed by atoms with Gasteiger partial charge in [-0.1, -0.05) is 13.8 Å². The van der Waals surface area contributed by atoms with Crippen LogP contribution in [0.15, 0.2) is 5.38 Å². The highest BCUT2D eigenvalue weighted by Gasteiger charge is 2.18. The molecule has 0 amide bonds. The van der Waals surface area contributed by atoms with Crippen LogP contribution in [-0.2, 0) is 11.3 Å². The van der Waals surface area contributed by atoms with Gasteiger partial charge in [0.25, 0.3) is 0 Å². The van der Waals surface area contributed by atoms with Gasteiger partial charge in [-0.25, -0.2) is 4.98 Å². The average Bonchev–Trinajstić information content (AvgIpc) is 2.58. The molecule has 0 spiro atoms. The number of hydrogen-bond acceptors (Lipinski definition) is 4. The second kappa shape index (κ2) is 5.96. The number of nitrogens with zero attached hydrogens (tertiary/aromatic N) is 1. The lowest BCUT2D eigenvalue weighted by Gasteiger charge is -2.15. The first kappa shape index (κ1) is 13.1. The molecule has 1 aromatic heterocycles. The lowest BCUT2D eigenvalue weighted by Crippen LogP contribution is -2.37. The molecular weight excluding hydrogens is 224 g/mol. The molecule has 1 heterocycles. The van der Waals surface area contributed by atoms with Gasteiger partial charge < -0.3 is 5.11 Å². The van der Waals surface area contributed by atoms with E-state index in [1.807, 2.05) is 26.2 Å². The Balaban J connectivity index is 2.46. The van der Waals surface area contributed by atoms with E-state index in [1.54, 1.807) is 11.3 Å². The molecule has 0 saturated heterocycles. The summed E-state index contributed by atoms with van der Waals surface area (Å²) in [6, 6.07) is -0.482. The molecule has 16 heavy (non-hydrogen) atoms. The van der Waals surface area contributed by atoms with Gasteiger partial charge in [0.2, 0.25) is 0 Å². The monoisotopic (exact) mass is 242 g/mol. The number of thiazole rings is 1. The summed E-state index contributed by atoms with van der Waals surface area (Å²) in [6.45, 7) is 6.50. The number of nitrogens with one attached hydrogen (secondary N) is 1. The molecule has 2 N–H and O–H groups in total. The molecule has 0 aliphatic heterocycles. The predicted octanol–water partition coefficient (Wildman–Crippen LogP) is 2.04. The topological polar surface area (TPSA) is 62.2 Å². The lowest BCUT2D eigenvalue weighted by atomic mass is 10.0. The summed E-state index contributed by atoms with van der Waals surface area (Å²) in [5.41, 5.74) is 0.984. The van der Waals surface area contributed by atoms with Crippen molar-refractivity contribution in [1.82, 2.24) is 10.3 Å². The van der Waals surface area contributed by atoms with Crippen LogP contribution in [-0.4, -0.2) is 22.1 Å². The van der Waals surface area contributed by atoms with E-state index in [-0.39, 0.29) is 0 Å². The second-order valence-electron chi connectivity index (χ2n) is 4.28. The minimum atomic E-state index is -0.790. The van der Waals surface area contributed by atoms with Crippen molar-refractivity contribution in [2.24, 2.45) is 5.92 Å².